The first-order chi connectivity index (χ1) is 7.27. The van der Waals surface area contributed by atoms with Crippen LogP contribution in [0.3, 0.4) is 0 Å². The van der Waals surface area contributed by atoms with Crippen LogP contribution in [0.15, 0.2) is 30.3 Å². The normalized spacial score (nSPS) is 12.8. The predicted molar refractivity (Wildman–Crippen MR) is 64.0 cm³/mol. The summed E-state index contributed by atoms with van der Waals surface area (Å²) in [5.74, 6) is 1.47. The Balaban J connectivity index is 2.36. The SMILES string of the molecule is CCC(CC)C(N)COc1ccccc1. The van der Waals surface area contributed by atoms with Gasteiger partial charge in [0.05, 0.1) is 0 Å². The van der Waals surface area contributed by atoms with Gasteiger partial charge in [-0.25, -0.2) is 0 Å². The van der Waals surface area contributed by atoms with E-state index in [4.69, 9.17) is 10.5 Å². The minimum atomic E-state index is 0.139. The highest BCUT2D eigenvalue weighted by atomic mass is 16.5. The summed E-state index contributed by atoms with van der Waals surface area (Å²) in [5, 5.41) is 0. The molecule has 2 heteroatoms. The minimum Gasteiger partial charge on any atom is -0.492 e. The smallest absolute Gasteiger partial charge is 0.119 e. The molecule has 0 amide bonds. The van der Waals surface area contributed by atoms with Gasteiger partial charge in [0.15, 0.2) is 0 Å². The standard InChI is InChI=1S/C13H21NO/c1-3-11(4-2)13(14)10-15-12-8-6-5-7-9-12/h5-9,11,13H,3-4,10,14H2,1-2H3. The first-order valence-corrected chi connectivity index (χ1v) is 5.71. The average molecular weight is 207 g/mol. The lowest BCUT2D eigenvalue weighted by Gasteiger charge is -2.21. The van der Waals surface area contributed by atoms with Crippen LogP contribution >= 0.6 is 0 Å². The van der Waals surface area contributed by atoms with Crippen molar-refractivity contribution in [3.05, 3.63) is 30.3 Å². The fourth-order valence-electron chi connectivity index (χ4n) is 1.74. The van der Waals surface area contributed by atoms with Crippen molar-refractivity contribution in [2.45, 2.75) is 32.7 Å². The van der Waals surface area contributed by atoms with Crippen LogP contribution in [0.2, 0.25) is 0 Å². The number of para-hydroxylation sites is 1. The van der Waals surface area contributed by atoms with E-state index in [2.05, 4.69) is 13.8 Å². The second-order valence-corrected chi connectivity index (χ2v) is 3.86. The number of benzene rings is 1. The van der Waals surface area contributed by atoms with Crippen molar-refractivity contribution in [3.63, 3.8) is 0 Å². The summed E-state index contributed by atoms with van der Waals surface area (Å²) in [6.45, 7) is 4.96. The summed E-state index contributed by atoms with van der Waals surface area (Å²) in [5.41, 5.74) is 6.06. The van der Waals surface area contributed by atoms with Crippen LogP contribution in [0.5, 0.6) is 5.75 Å². The third-order valence-electron chi connectivity index (χ3n) is 2.84. The van der Waals surface area contributed by atoms with Crippen LogP contribution in [0.25, 0.3) is 0 Å². The van der Waals surface area contributed by atoms with E-state index in [0.29, 0.717) is 12.5 Å². The zero-order valence-electron chi connectivity index (χ0n) is 9.65. The molecule has 1 unspecified atom stereocenters. The lowest BCUT2D eigenvalue weighted by Crippen LogP contribution is -2.35. The molecule has 0 radical (unpaired) electrons. The summed E-state index contributed by atoms with van der Waals surface area (Å²) in [6.07, 6.45) is 2.24. The van der Waals surface area contributed by atoms with Crippen LogP contribution < -0.4 is 10.5 Å². The van der Waals surface area contributed by atoms with Crippen LogP contribution in [0, 0.1) is 5.92 Å². The molecular weight excluding hydrogens is 186 g/mol. The average Bonchev–Trinajstić information content (AvgIpc) is 2.29. The van der Waals surface area contributed by atoms with Crippen molar-refractivity contribution >= 4 is 0 Å². The molecule has 2 nitrogen and oxygen atoms in total. The topological polar surface area (TPSA) is 35.2 Å². The van der Waals surface area contributed by atoms with Gasteiger partial charge in [-0.15, -0.1) is 0 Å². The van der Waals surface area contributed by atoms with Gasteiger partial charge in [-0.3, -0.25) is 0 Å². The van der Waals surface area contributed by atoms with Gasteiger partial charge >= 0.3 is 0 Å². The van der Waals surface area contributed by atoms with E-state index in [1.165, 1.54) is 0 Å². The molecule has 15 heavy (non-hydrogen) atoms. The van der Waals surface area contributed by atoms with Crippen molar-refractivity contribution in [2.75, 3.05) is 6.61 Å². The largest absolute Gasteiger partial charge is 0.492 e. The maximum atomic E-state index is 6.06. The van der Waals surface area contributed by atoms with E-state index in [9.17, 15) is 0 Å². The lowest BCUT2D eigenvalue weighted by atomic mass is 9.95. The van der Waals surface area contributed by atoms with Crippen LogP contribution in [0.4, 0.5) is 0 Å². The molecule has 0 saturated heterocycles. The van der Waals surface area contributed by atoms with Gasteiger partial charge in [0.25, 0.3) is 0 Å². The first-order valence-electron chi connectivity index (χ1n) is 5.71. The molecule has 0 fully saturated rings. The van der Waals surface area contributed by atoms with Crippen molar-refractivity contribution < 1.29 is 4.74 Å². The molecular formula is C13H21NO. The van der Waals surface area contributed by atoms with E-state index in [-0.39, 0.29) is 6.04 Å². The molecule has 1 aromatic carbocycles. The molecule has 0 saturated carbocycles. The number of rotatable bonds is 6. The molecule has 1 aromatic rings. The molecule has 0 aliphatic carbocycles. The Kier molecular flexibility index (Phi) is 5.19. The monoisotopic (exact) mass is 207 g/mol. The molecule has 0 heterocycles. The third-order valence-corrected chi connectivity index (χ3v) is 2.84. The predicted octanol–water partition coefficient (Wildman–Crippen LogP) is 2.83. The van der Waals surface area contributed by atoms with Crippen LogP contribution in [0.1, 0.15) is 26.7 Å². The Hall–Kier alpha value is -1.02. The highest BCUT2D eigenvalue weighted by Crippen LogP contribution is 2.14. The fraction of sp³-hybridized carbons (Fsp3) is 0.538. The van der Waals surface area contributed by atoms with Gasteiger partial charge in [0, 0.05) is 6.04 Å². The number of hydrogen-bond donors (Lipinski definition) is 1. The van der Waals surface area contributed by atoms with E-state index >= 15 is 0 Å². The zero-order valence-corrected chi connectivity index (χ0v) is 9.65. The highest BCUT2D eigenvalue weighted by molar-refractivity contribution is 5.20. The molecule has 1 rings (SSSR count). The quantitative estimate of drug-likeness (QED) is 0.778. The minimum absolute atomic E-state index is 0.139. The Morgan fingerprint density at radius 1 is 1.13 bits per heavy atom. The molecule has 84 valence electrons. The summed E-state index contributed by atoms with van der Waals surface area (Å²) in [6, 6.07) is 9.98. The van der Waals surface area contributed by atoms with Gasteiger partial charge < -0.3 is 10.5 Å². The Morgan fingerprint density at radius 2 is 1.73 bits per heavy atom. The molecule has 0 aliphatic rings. The highest BCUT2D eigenvalue weighted by Gasteiger charge is 2.14. The van der Waals surface area contributed by atoms with Gasteiger partial charge in [-0.1, -0.05) is 44.9 Å². The van der Waals surface area contributed by atoms with Gasteiger partial charge in [0.1, 0.15) is 12.4 Å². The lowest BCUT2D eigenvalue weighted by molar-refractivity contribution is 0.239. The van der Waals surface area contributed by atoms with E-state index in [1.54, 1.807) is 0 Å². The Morgan fingerprint density at radius 3 is 2.27 bits per heavy atom. The van der Waals surface area contributed by atoms with E-state index in [0.717, 1.165) is 18.6 Å². The third kappa shape index (κ3) is 3.92. The molecule has 2 N–H and O–H groups in total. The van der Waals surface area contributed by atoms with Gasteiger partial charge in [-0.2, -0.15) is 0 Å². The first kappa shape index (κ1) is 12.1. The molecule has 0 aliphatic heterocycles. The van der Waals surface area contributed by atoms with Crippen LogP contribution in [-0.4, -0.2) is 12.6 Å². The van der Waals surface area contributed by atoms with Crippen LogP contribution in [-0.2, 0) is 0 Å². The summed E-state index contributed by atoms with van der Waals surface area (Å²) in [7, 11) is 0. The molecule has 1 atom stereocenters. The number of hydrogen-bond acceptors (Lipinski definition) is 2. The van der Waals surface area contributed by atoms with Crippen molar-refractivity contribution in [3.8, 4) is 5.75 Å². The van der Waals surface area contributed by atoms with Crippen molar-refractivity contribution in [2.24, 2.45) is 11.7 Å². The molecule has 0 spiro atoms. The van der Waals surface area contributed by atoms with Gasteiger partial charge in [-0.05, 0) is 18.1 Å². The Labute approximate surface area is 92.4 Å². The maximum Gasteiger partial charge on any atom is 0.119 e. The zero-order chi connectivity index (χ0) is 11.1. The summed E-state index contributed by atoms with van der Waals surface area (Å²) in [4.78, 5) is 0. The summed E-state index contributed by atoms with van der Waals surface area (Å²) >= 11 is 0. The second-order valence-electron chi connectivity index (χ2n) is 3.86. The molecule has 0 bridgehead atoms. The maximum absolute atomic E-state index is 6.06. The fourth-order valence-corrected chi connectivity index (χ4v) is 1.74. The van der Waals surface area contributed by atoms with E-state index in [1.807, 2.05) is 30.3 Å². The van der Waals surface area contributed by atoms with Crippen molar-refractivity contribution in [1.82, 2.24) is 0 Å². The summed E-state index contributed by atoms with van der Waals surface area (Å²) < 4.78 is 5.63. The van der Waals surface area contributed by atoms with Crippen molar-refractivity contribution in [1.29, 1.82) is 0 Å². The van der Waals surface area contributed by atoms with E-state index < -0.39 is 0 Å². The number of nitrogens with two attached hydrogens (primary N) is 1. The molecule has 0 aromatic heterocycles. The number of ether oxygens (including phenoxy) is 1. The van der Waals surface area contributed by atoms with Gasteiger partial charge in [0.2, 0.25) is 0 Å². The second kappa shape index (κ2) is 6.46. The Bertz CT molecular complexity index is 256.